The molecule has 1 heterocycles. The SMILES string of the molecule is COc1cc(/C=C2\C(=O)N(CC(C)C)c3ccccc32)c(Br)cc1OCc1ccccc1. The van der Waals surface area contributed by atoms with Crippen molar-refractivity contribution >= 4 is 39.2 Å². The fourth-order valence-electron chi connectivity index (χ4n) is 3.82. The van der Waals surface area contributed by atoms with Crippen LogP contribution in [0, 0.1) is 5.92 Å². The van der Waals surface area contributed by atoms with Crippen molar-refractivity contribution in [3.05, 3.63) is 87.9 Å². The molecule has 5 heteroatoms. The molecule has 0 aromatic heterocycles. The molecule has 3 aromatic rings. The smallest absolute Gasteiger partial charge is 0.259 e. The fourth-order valence-corrected chi connectivity index (χ4v) is 4.25. The number of para-hydroxylation sites is 1. The zero-order valence-electron chi connectivity index (χ0n) is 18.5. The molecule has 0 bridgehead atoms. The number of ether oxygens (including phenoxy) is 2. The molecule has 0 spiro atoms. The van der Waals surface area contributed by atoms with Crippen molar-refractivity contribution in [2.24, 2.45) is 5.92 Å². The van der Waals surface area contributed by atoms with Crippen molar-refractivity contribution in [1.82, 2.24) is 0 Å². The van der Waals surface area contributed by atoms with E-state index in [9.17, 15) is 4.79 Å². The Morgan fingerprint density at radius 3 is 2.44 bits per heavy atom. The van der Waals surface area contributed by atoms with Crippen molar-refractivity contribution in [2.75, 3.05) is 18.6 Å². The van der Waals surface area contributed by atoms with E-state index in [-0.39, 0.29) is 5.91 Å². The summed E-state index contributed by atoms with van der Waals surface area (Å²) in [5.74, 6) is 1.66. The third kappa shape index (κ3) is 4.58. The minimum absolute atomic E-state index is 0.0233. The van der Waals surface area contributed by atoms with E-state index in [4.69, 9.17) is 9.47 Å². The van der Waals surface area contributed by atoms with E-state index in [1.54, 1.807) is 7.11 Å². The van der Waals surface area contributed by atoms with Gasteiger partial charge in [-0.2, -0.15) is 0 Å². The van der Waals surface area contributed by atoms with E-state index < -0.39 is 0 Å². The predicted octanol–water partition coefficient (Wildman–Crippen LogP) is 6.58. The molecular formula is C27H26BrNO3. The number of hydrogen-bond donors (Lipinski definition) is 0. The van der Waals surface area contributed by atoms with Crippen molar-refractivity contribution in [1.29, 1.82) is 0 Å². The van der Waals surface area contributed by atoms with Gasteiger partial charge >= 0.3 is 0 Å². The average molecular weight is 492 g/mol. The van der Waals surface area contributed by atoms with Crippen LogP contribution in [0.5, 0.6) is 11.5 Å². The first kappa shape index (κ1) is 22.2. The van der Waals surface area contributed by atoms with Crippen LogP contribution >= 0.6 is 15.9 Å². The number of hydrogen-bond acceptors (Lipinski definition) is 3. The van der Waals surface area contributed by atoms with Crippen LogP contribution in [0.1, 0.15) is 30.5 Å². The molecule has 0 radical (unpaired) electrons. The summed E-state index contributed by atoms with van der Waals surface area (Å²) in [5, 5.41) is 0. The topological polar surface area (TPSA) is 38.8 Å². The number of benzene rings is 3. The molecule has 0 unspecified atom stereocenters. The Hall–Kier alpha value is -3.05. The second kappa shape index (κ2) is 9.61. The van der Waals surface area contributed by atoms with Gasteiger partial charge in [-0.3, -0.25) is 4.79 Å². The van der Waals surface area contributed by atoms with Crippen LogP contribution in [0.25, 0.3) is 11.6 Å². The van der Waals surface area contributed by atoms with Crippen molar-refractivity contribution in [3.8, 4) is 11.5 Å². The standard InChI is InChI=1S/C27H26BrNO3/c1-18(2)16-29-24-12-8-7-11-21(24)22(27(29)30)13-20-14-25(31-3)26(15-23(20)28)32-17-19-9-5-4-6-10-19/h4-15,18H,16-17H2,1-3H3/b22-13-. The molecule has 0 saturated heterocycles. The van der Waals surface area contributed by atoms with E-state index in [2.05, 4.69) is 29.8 Å². The summed E-state index contributed by atoms with van der Waals surface area (Å²) in [4.78, 5) is 15.2. The fraction of sp³-hybridized carbons (Fsp3) is 0.222. The summed E-state index contributed by atoms with van der Waals surface area (Å²) < 4.78 is 12.4. The minimum Gasteiger partial charge on any atom is -0.493 e. The Labute approximate surface area is 197 Å². The molecule has 1 amide bonds. The number of carbonyl (C=O) groups is 1. The maximum atomic E-state index is 13.3. The average Bonchev–Trinajstić information content (AvgIpc) is 3.05. The number of nitrogens with zero attached hydrogens (tertiary/aromatic N) is 1. The minimum atomic E-state index is 0.0233. The van der Waals surface area contributed by atoms with Gasteiger partial charge in [0.25, 0.3) is 5.91 Å². The number of rotatable bonds is 7. The van der Waals surface area contributed by atoms with Gasteiger partial charge in [-0.1, -0.05) is 78.3 Å². The lowest BCUT2D eigenvalue weighted by Gasteiger charge is -2.19. The van der Waals surface area contributed by atoms with Gasteiger partial charge in [-0.25, -0.2) is 0 Å². The quantitative estimate of drug-likeness (QED) is 0.350. The van der Waals surface area contributed by atoms with Crippen LogP contribution in [0.4, 0.5) is 5.69 Å². The van der Waals surface area contributed by atoms with Gasteiger partial charge in [0.05, 0.1) is 12.8 Å². The Morgan fingerprint density at radius 2 is 1.72 bits per heavy atom. The highest BCUT2D eigenvalue weighted by Gasteiger charge is 2.32. The molecule has 4 rings (SSSR count). The summed E-state index contributed by atoms with van der Waals surface area (Å²) in [6.07, 6.45) is 1.93. The van der Waals surface area contributed by atoms with E-state index >= 15 is 0 Å². The normalized spacial score (nSPS) is 14.2. The van der Waals surface area contributed by atoms with Gasteiger partial charge in [0.1, 0.15) is 6.61 Å². The molecule has 0 aliphatic carbocycles. The zero-order chi connectivity index (χ0) is 22.7. The zero-order valence-corrected chi connectivity index (χ0v) is 20.1. The van der Waals surface area contributed by atoms with Gasteiger partial charge in [0, 0.05) is 22.2 Å². The lowest BCUT2D eigenvalue weighted by Crippen LogP contribution is -2.30. The number of anilines is 1. The summed E-state index contributed by atoms with van der Waals surface area (Å²) >= 11 is 3.65. The van der Waals surface area contributed by atoms with Crippen LogP contribution in [0.15, 0.2) is 71.2 Å². The summed E-state index contributed by atoms with van der Waals surface area (Å²) in [5.41, 5.74) is 4.53. The third-order valence-corrected chi connectivity index (χ3v) is 6.02. The van der Waals surface area contributed by atoms with Gasteiger partial charge in [0.2, 0.25) is 0 Å². The Morgan fingerprint density at radius 1 is 1.00 bits per heavy atom. The first-order chi connectivity index (χ1) is 15.5. The summed E-state index contributed by atoms with van der Waals surface area (Å²) in [6, 6.07) is 21.7. The second-order valence-corrected chi connectivity index (χ2v) is 9.04. The van der Waals surface area contributed by atoms with E-state index in [1.807, 2.05) is 77.7 Å². The molecule has 1 aliphatic heterocycles. The van der Waals surface area contributed by atoms with Crippen molar-refractivity contribution < 1.29 is 14.3 Å². The number of amides is 1. The summed E-state index contributed by atoms with van der Waals surface area (Å²) in [6.45, 7) is 5.37. The molecule has 4 nitrogen and oxygen atoms in total. The lowest BCUT2D eigenvalue weighted by molar-refractivity contribution is -0.113. The van der Waals surface area contributed by atoms with Crippen LogP contribution in [-0.2, 0) is 11.4 Å². The first-order valence-corrected chi connectivity index (χ1v) is 11.4. The largest absolute Gasteiger partial charge is 0.493 e. The number of fused-ring (bicyclic) bond motifs is 1. The molecule has 0 atom stereocenters. The number of carbonyl (C=O) groups excluding carboxylic acids is 1. The lowest BCUT2D eigenvalue weighted by atomic mass is 10.0. The maximum absolute atomic E-state index is 13.3. The molecule has 32 heavy (non-hydrogen) atoms. The first-order valence-electron chi connectivity index (χ1n) is 10.6. The predicted molar refractivity (Wildman–Crippen MR) is 133 cm³/mol. The molecule has 1 aliphatic rings. The Kier molecular flexibility index (Phi) is 6.66. The Balaban J connectivity index is 1.67. The highest BCUT2D eigenvalue weighted by molar-refractivity contribution is 9.10. The maximum Gasteiger partial charge on any atom is 0.259 e. The molecule has 164 valence electrons. The van der Waals surface area contributed by atoms with Gasteiger partial charge in [-0.15, -0.1) is 0 Å². The summed E-state index contributed by atoms with van der Waals surface area (Å²) in [7, 11) is 1.62. The second-order valence-electron chi connectivity index (χ2n) is 8.18. The number of halogens is 1. The molecular weight excluding hydrogens is 466 g/mol. The van der Waals surface area contributed by atoms with Gasteiger partial charge < -0.3 is 14.4 Å². The highest BCUT2D eigenvalue weighted by Crippen LogP contribution is 2.41. The van der Waals surface area contributed by atoms with Crippen LogP contribution in [-0.4, -0.2) is 19.6 Å². The van der Waals surface area contributed by atoms with Gasteiger partial charge in [0.15, 0.2) is 11.5 Å². The highest BCUT2D eigenvalue weighted by atomic mass is 79.9. The van der Waals surface area contributed by atoms with Crippen LogP contribution in [0.2, 0.25) is 0 Å². The van der Waals surface area contributed by atoms with Crippen LogP contribution < -0.4 is 14.4 Å². The van der Waals surface area contributed by atoms with E-state index in [0.29, 0.717) is 36.1 Å². The third-order valence-electron chi connectivity index (χ3n) is 5.33. The van der Waals surface area contributed by atoms with Crippen LogP contribution in [0.3, 0.4) is 0 Å². The molecule has 0 saturated carbocycles. The van der Waals surface area contributed by atoms with Crippen molar-refractivity contribution in [2.45, 2.75) is 20.5 Å². The molecule has 0 N–H and O–H groups in total. The number of methoxy groups -OCH3 is 1. The van der Waals surface area contributed by atoms with Gasteiger partial charge in [-0.05, 0) is 41.3 Å². The van der Waals surface area contributed by atoms with E-state index in [1.165, 1.54) is 0 Å². The van der Waals surface area contributed by atoms with E-state index in [0.717, 1.165) is 26.9 Å². The Bertz CT molecular complexity index is 1150. The molecule has 0 fully saturated rings. The van der Waals surface area contributed by atoms with Crippen molar-refractivity contribution in [3.63, 3.8) is 0 Å². The monoisotopic (exact) mass is 491 g/mol. The molecule has 3 aromatic carbocycles.